The number of carboxylic acid groups (broad SMARTS) is 1. The Morgan fingerprint density at radius 1 is 1.53 bits per heavy atom. The van der Waals surface area contributed by atoms with E-state index in [1.807, 2.05) is 0 Å². The van der Waals surface area contributed by atoms with Crippen molar-refractivity contribution < 1.29 is 19.0 Å². The number of hydrogen-bond acceptors (Lipinski definition) is 5. The van der Waals surface area contributed by atoms with E-state index in [0.29, 0.717) is 5.75 Å². The molecule has 1 aromatic heterocycles. The second-order valence-electron chi connectivity index (χ2n) is 3.10. The average Bonchev–Trinajstić information content (AvgIpc) is 2.74. The van der Waals surface area contributed by atoms with Gasteiger partial charge < -0.3 is 9.84 Å². The minimum Gasteiger partial charge on any atom is -0.487 e. The smallest absolute Gasteiger partial charge is 0.349 e. The van der Waals surface area contributed by atoms with Gasteiger partial charge in [-0.15, -0.1) is 5.10 Å². The summed E-state index contributed by atoms with van der Waals surface area (Å²) in [5.74, 6) is -1.20. The molecule has 0 saturated carbocycles. The Hall–Kier alpha value is -2.02. The summed E-state index contributed by atoms with van der Waals surface area (Å²) in [5, 5.41) is 12.5. The zero-order chi connectivity index (χ0) is 12.3. The van der Waals surface area contributed by atoms with Gasteiger partial charge in [-0.2, -0.15) is 0 Å². The molecule has 0 aliphatic carbocycles. The van der Waals surface area contributed by atoms with Gasteiger partial charge in [-0.05, 0) is 23.7 Å². The van der Waals surface area contributed by atoms with Crippen LogP contribution in [0.4, 0.5) is 4.39 Å². The fourth-order valence-electron chi connectivity index (χ4n) is 1.17. The number of aromatic nitrogens is 2. The molecule has 2 aromatic rings. The molecule has 0 amide bonds. The van der Waals surface area contributed by atoms with Gasteiger partial charge in [0.2, 0.25) is 0 Å². The van der Waals surface area contributed by atoms with E-state index >= 15 is 0 Å². The summed E-state index contributed by atoms with van der Waals surface area (Å²) >= 11 is 0.781. The number of aromatic carboxylic acids is 1. The van der Waals surface area contributed by atoms with Crippen molar-refractivity contribution in [2.45, 2.75) is 6.61 Å². The van der Waals surface area contributed by atoms with Gasteiger partial charge in [-0.1, -0.05) is 10.6 Å². The summed E-state index contributed by atoms with van der Waals surface area (Å²) in [5.41, 5.74) is 0.228. The Kier molecular flexibility index (Phi) is 3.29. The normalized spacial score (nSPS) is 10.2. The molecule has 0 aliphatic rings. The van der Waals surface area contributed by atoms with Gasteiger partial charge in [0.1, 0.15) is 23.9 Å². The van der Waals surface area contributed by atoms with Crippen molar-refractivity contribution in [2.75, 3.05) is 0 Å². The zero-order valence-corrected chi connectivity index (χ0v) is 9.28. The van der Waals surface area contributed by atoms with Crippen LogP contribution in [0.15, 0.2) is 24.3 Å². The SMILES string of the molecule is O=C(O)c1snnc1COc1cccc(F)c1. The molecule has 2 rings (SSSR count). The third-order valence-electron chi connectivity index (χ3n) is 1.92. The van der Waals surface area contributed by atoms with E-state index in [-0.39, 0.29) is 17.2 Å². The van der Waals surface area contributed by atoms with Crippen LogP contribution in [0.1, 0.15) is 15.4 Å². The summed E-state index contributed by atoms with van der Waals surface area (Å²) in [6, 6.07) is 5.57. The van der Waals surface area contributed by atoms with E-state index in [1.54, 1.807) is 6.07 Å². The number of hydrogen-bond donors (Lipinski definition) is 1. The van der Waals surface area contributed by atoms with E-state index in [1.165, 1.54) is 18.2 Å². The predicted molar refractivity (Wildman–Crippen MR) is 57.6 cm³/mol. The van der Waals surface area contributed by atoms with E-state index in [9.17, 15) is 9.18 Å². The maximum absolute atomic E-state index is 12.8. The highest BCUT2D eigenvalue weighted by Crippen LogP contribution is 2.16. The van der Waals surface area contributed by atoms with Gasteiger partial charge in [0.25, 0.3) is 0 Å². The van der Waals surface area contributed by atoms with Crippen LogP contribution in [-0.4, -0.2) is 20.7 Å². The van der Waals surface area contributed by atoms with Crippen molar-refractivity contribution in [2.24, 2.45) is 0 Å². The lowest BCUT2D eigenvalue weighted by atomic mass is 10.3. The fourth-order valence-corrected chi connectivity index (χ4v) is 1.68. The van der Waals surface area contributed by atoms with E-state index in [2.05, 4.69) is 9.59 Å². The Labute approximate surface area is 99.6 Å². The van der Waals surface area contributed by atoms with Crippen molar-refractivity contribution in [3.05, 3.63) is 40.7 Å². The van der Waals surface area contributed by atoms with Crippen molar-refractivity contribution in [3.8, 4) is 5.75 Å². The fraction of sp³-hybridized carbons (Fsp3) is 0.100. The maximum atomic E-state index is 12.8. The van der Waals surface area contributed by atoms with Crippen molar-refractivity contribution in [1.82, 2.24) is 9.59 Å². The lowest BCUT2D eigenvalue weighted by molar-refractivity contribution is 0.0699. The molecule has 17 heavy (non-hydrogen) atoms. The molecule has 0 saturated heterocycles. The molecule has 88 valence electrons. The molecule has 0 unspecified atom stereocenters. The average molecular weight is 254 g/mol. The number of carboxylic acids is 1. The highest BCUT2D eigenvalue weighted by atomic mass is 32.1. The predicted octanol–water partition coefficient (Wildman–Crippen LogP) is 1.95. The first-order chi connectivity index (χ1) is 8.16. The summed E-state index contributed by atoms with van der Waals surface area (Å²) in [6.45, 7) is -0.0540. The molecule has 1 N–H and O–H groups in total. The monoisotopic (exact) mass is 254 g/mol. The maximum Gasteiger partial charge on any atom is 0.349 e. The van der Waals surface area contributed by atoms with Crippen LogP contribution in [-0.2, 0) is 6.61 Å². The van der Waals surface area contributed by atoms with Gasteiger partial charge in [0.05, 0.1) is 0 Å². The minimum absolute atomic E-state index is 0.0291. The molecule has 0 radical (unpaired) electrons. The summed E-state index contributed by atoms with van der Waals surface area (Å²) in [4.78, 5) is 10.8. The first-order valence-corrected chi connectivity index (χ1v) is 5.37. The highest BCUT2D eigenvalue weighted by molar-refractivity contribution is 7.07. The van der Waals surface area contributed by atoms with Gasteiger partial charge in [-0.3, -0.25) is 0 Å². The topological polar surface area (TPSA) is 72.3 Å². The van der Waals surface area contributed by atoms with Crippen LogP contribution in [0.25, 0.3) is 0 Å². The Morgan fingerprint density at radius 3 is 3.06 bits per heavy atom. The van der Waals surface area contributed by atoms with E-state index in [0.717, 1.165) is 11.5 Å². The second kappa shape index (κ2) is 4.88. The van der Waals surface area contributed by atoms with Crippen LogP contribution in [0.3, 0.4) is 0 Å². The Morgan fingerprint density at radius 2 is 2.35 bits per heavy atom. The van der Waals surface area contributed by atoms with Gasteiger partial charge in [-0.25, -0.2) is 9.18 Å². The van der Waals surface area contributed by atoms with Gasteiger partial charge in [0, 0.05) is 6.07 Å². The Balaban J connectivity index is 2.07. The Bertz CT molecular complexity index is 544. The van der Waals surface area contributed by atoms with Gasteiger partial charge in [0.15, 0.2) is 4.88 Å². The van der Waals surface area contributed by atoms with Crippen molar-refractivity contribution in [3.63, 3.8) is 0 Å². The number of benzene rings is 1. The minimum atomic E-state index is -1.10. The summed E-state index contributed by atoms with van der Waals surface area (Å²) < 4.78 is 21.6. The third kappa shape index (κ3) is 2.76. The number of nitrogens with zero attached hydrogens (tertiary/aromatic N) is 2. The van der Waals surface area contributed by atoms with Crippen LogP contribution >= 0.6 is 11.5 Å². The molecule has 7 heteroatoms. The third-order valence-corrected chi connectivity index (χ3v) is 2.68. The largest absolute Gasteiger partial charge is 0.487 e. The molecule has 5 nitrogen and oxygen atoms in total. The highest BCUT2D eigenvalue weighted by Gasteiger charge is 2.15. The molecule has 1 heterocycles. The first kappa shape index (κ1) is 11.5. The molecule has 1 aromatic carbocycles. The zero-order valence-electron chi connectivity index (χ0n) is 8.46. The molecule has 0 aliphatic heterocycles. The lowest BCUT2D eigenvalue weighted by Gasteiger charge is -2.03. The lowest BCUT2D eigenvalue weighted by Crippen LogP contribution is -2.03. The summed E-state index contributed by atoms with van der Waals surface area (Å²) in [6.07, 6.45) is 0. The molecule has 0 fully saturated rings. The first-order valence-electron chi connectivity index (χ1n) is 4.59. The van der Waals surface area contributed by atoms with Crippen LogP contribution in [0.5, 0.6) is 5.75 Å². The van der Waals surface area contributed by atoms with Crippen LogP contribution in [0, 0.1) is 5.82 Å². The quantitative estimate of drug-likeness (QED) is 0.902. The van der Waals surface area contributed by atoms with Crippen molar-refractivity contribution in [1.29, 1.82) is 0 Å². The van der Waals surface area contributed by atoms with Crippen molar-refractivity contribution >= 4 is 17.5 Å². The molecular weight excluding hydrogens is 247 g/mol. The van der Waals surface area contributed by atoms with Gasteiger partial charge >= 0.3 is 5.97 Å². The molecule has 0 spiro atoms. The second-order valence-corrected chi connectivity index (χ2v) is 3.85. The van der Waals surface area contributed by atoms with E-state index < -0.39 is 11.8 Å². The number of ether oxygens (including phenoxy) is 1. The summed E-state index contributed by atoms with van der Waals surface area (Å²) in [7, 11) is 0. The molecular formula is C10H7FN2O3S. The molecule has 0 atom stereocenters. The van der Waals surface area contributed by atoms with E-state index in [4.69, 9.17) is 9.84 Å². The van der Waals surface area contributed by atoms with Crippen LogP contribution in [0.2, 0.25) is 0 Å². The number of rotatable bonds is 4. The number of carbonyl (C=O) groups is 1. The molecule has 0 bridgehead atoms. The number of halogens is 1. The standard InChI is InChI=1S/C10H7FN2O3S/c11-6-2-1-3-7(4-6)16-5-8-9(10(14)15)17-13-12-8/h1-4H,5H2,(H,14,15). The van der Waals surface area contributed by atoms with Crippen LogP contribution < -0.4 is 4.74 Å².